The van der Waals surface area contributed by atoms with Crippen LogP contribution >= 0.6 is 0 Å². The first-order valence-electron chi connectivity index (χ1n) is 5.14. The van der Waals surface area contributed by atoms with Gasteiger partial charge < -0.3 is 10.4 Å². The van der Waals surface area contributed by atoms with Crippen molar-refractivity contribution in [1.82, 2.24) is 9.97 Å². The van der Waals surface area contributed by atoms with Crippen molar-refractivity contribution >= 4 is 17.5 Å². The summed E-state index contributed by atoms with van der Waals surface area (Å²) >= 11 is 0. The number of pyridine rings is 2. The van der Waals surface area contributed by atoms with E-state index in [1.54, 1.807) is 12.3 Å². The van der Waals surface area contributed by atoms with E-state index < -0.39 is 17.3 Å². The lowest BCUT2D eigenvalue weighted by Crippen LogP contribution is -2.05. The van der Waals surface area contributed by atoms with E-state index in [-0.39, 0.29) is 5.82 Å². The molecular formula is C12H10FN3O2. The van der Waals surface area contributed by atoms with Gasteiger partial charge in [-0.2, -0.15) is 0 Å². The molecule has 0 radical (unpaired) electrons. The molecule has 2 aromatic rings. The highest BCUT2D eigenvalue weighted by molar-refractivity contribution is 5.89. The number of halogens is 1. The Labute approximate surface area is 102 Å². The van der Waals surface area contributed by atoms with E-state index in [1.807, 2.05) is 6.92 Å². The monoisotopic (exact) mass is 247 g/mol. The fraction of sp³-hybridized carbons (Fsp3) is 0.0833. The lowest BCUT2D eigenvalue weighted by Gasteiger charge is -2.07. The molecule has 2 rings (SSSR count). The zero-order valence-corrected chi connectivity index (χ0v) is 9.51. The van der Waals surface area contributed by atoms with Gasteiger partial charge in [0, 0.05) is 12.4 Å². The maximum atomic E-state index is 13.8. The number of anilines is 2. The number of hydrogen-bond donors (Lipinski definition) is 2. The van der Waals surface area contributed by atoms with Crippen LogP contribution in [0.4, 0.5) is 15.9 Å². The van der Waals surface area contributed by atoms with Crippen molar-refractivity contribution in [3.63, 3.8) is 0 Å². The Morgan fingerprint density at radius 2 is 2.22 bits per heavy atom. The van der Waals surface area contributed by atoms with Crippen molar-refractivity contribution in [2.75, 3.05) is 5.32 Å². The minimum Gasteiger partial charge on any atom is -0.478 e. The molecule has 0 unspecified atom stereocenters. The van der Waals surface area contributed by atoms with E-state index in [0.717, 1.165) is 11.6 Å². The highest BCUT2D eigenvalue weighted by Crippen LogP contribution is 2.20. The van der Waals surface area contributed by atoms with Crippen LogP contribution in [0.2, 0.25) is 0 Å². The van der Waals surface area contributed by atoms with Gasteiger partial charge in [0.05, 0.1) is 11.9 Å². The van der Waals surface area contributed by atoms with Gasteiger partial charge in [0.25, 0.3) is 0 Å². The number of hydrogen-bond acceptors (Lipinski definition) is 4. The van der Waals surface area contributed by atoms with Crippen molar-refractivity contribution in [3.05, 3.63) is 47.7 Å². The minimum absolute atomic E-state index is 0.137. The predicted molar refractivity (Wildman–Crippen MR) is 63.4 cm³/mol. The first-order valence-corrected chi connectivity index (χ1v) is 5.14. The van der Waals surface area contributed by atoms with Crippen molar-refractivity contribution < 1.29 is 14.3 Å². The Balaban J connectivity index is 2.35. The molecule has 0 saturated carbocycles. The quantitative estimate of drug-likeness (QED) is 0.870. The molecule has 0 fully saturated rings. The van der Waals surface area contributed by atoms with Crippen LogP contribution in [0, 0.1) is 12.7 Å². The van der Waals surface area contributed by atoms with Crippen molar-refractivity contribution in [2.24, 2.45) is 0 Å². The number of aromatic nitrogens is 2. The summed E-state index contributed by atoms with van der Waals surface area (Å²) in [6, 6.07) is 2.86. The van der Waals surface area contributed by atoms with Crippen LogP contribution in [0.1, 0.15) is 15.9 Å². The van der Waals surface area contributed by atoms with Gasteiger partial charge in [0.15, 0.2) is 11.6 Å². The normalized spacial score (nSPS) is 10.1. The second-order valence-electron chi connectivity index (χ2n) is 3.70. The van der Waals surface area contributed by atoms with E-state index in [9.17, 15) is 9.18 Å². The first kappa shape index (κ1) is 12.0. The number of carbonyl (C=O) groups is 1. The molecule has 92 valence electrons. The summed E-state index contributed by atoms with van der Waals surface area (Å²) in [5.41, 5.74) is 1.02. The van der Waals surface area contributed by atoms with Gasteiger partial charge in [-0.1, -0.05) is 0 Å². The minimum atomic E-state index is -1.33. The van der Waals surface area contributed by atoms with Crippen molar-refractivity contribution in [1.29, 1.82) is 0 Å². The van der Waals surface area contributed by atoms with Gasteiger partial charge in [-0.15, -0.1) is 0 Å². The molecular weight excluding hydrogens is 237 g/mol. The van der Waals surface area contributed by atoms with Crippen LogP contribution in [0.25, 0.3) is 0 Å². The second-order valence-corrected chi connectivity index (χ2v) is 3.70. The van der Waals surface area contributed by atoms with Crippen LogP contribution in [0.15, 0.2) is 30.7 Å². The molecule has 0 aliphatic carbocycles. The zero-order valence-electron chi connectivity index (χ0n) is 9.51. The van der Waals surface area contributed by atoms with Gasteiger partial charge in [0.2, 0.25) is 0 Å². The average molecular weight is 247 g/mol. The zero-order chi connectivity index (χ0) is 13.1. The summed E-state index contributed by atoms with van der Waals surface area (Å²) in [5, 5.41) is 11.5. The third kappa shape index (κ3) is 2.42. The Hall–Kier alpha value is -2.50. The molecule has 0 aliphatic rings. The number of carboxylic acid groups (broad SMARTS) is 1. The largest absolute Gasteiger partial charge is 0.478 e. The molecule has 2 aromatic heterocycles. The number of aryl methyl sites for hydroxylation is 1. The molecule has 6 heteroatoms. The molecule has 0 spiro atoms. The van der Waals surface area contributed by atoms with Crippen molar-refractivity contribution in [3.8, 4) is 0 Å². The Kier molecular flexibility index (Phi) is 3.18. The third-order valence-electron chi connectivity index (χ3n) is 2.26. The van der Waals surface area contributed by atoms with Gasteiger partial charge >= 0.3 is 5.97 Å². The summed E-state index contributed by atoms with van der Waals surface area (Å²) in [6.07, 6.45) is 4.39. The Morgan fingerprint density at radius 1 is 1.44 bits per heavy atom. The molecule has 2 N–H and O–H groups in total. The highest BCUT2D eigenvalue weighted by atomic mass is 19.1. The molecule has 0 aromatic carbocycles. The summed E-state index contributed by atoms with van der Waals surface area (Å²) in [5.74, 6) is -2.37. The van der Waals surface area contributed by atoms with Crippen LogP contribution < -0.4 is 5.32 Å². The summed E-state index contributed by atoms with van der Waals surface area (Å²) in [7, 11) is 0. The second kappa shape index (κ2) is 4.79. The highest BCUT2D eigenvalue weighted by Gasteiger charge is 2.15. The fourth-order valence-corrected chi connectivity index (χ4v) is 1.46. The first-order chi connectivity index (χ1) is 8.58. The van der Waals surface area contributed by atoms with Crippen molar-refractivity contribution in [2.45, 2.75) is 6.92 Å². The van der Waals surface area contributed by atoms with E-state index >= 15 is 0 Å². The van der Waals surface area contributed by atoms with E-state index in [1.165, 1.54) is 12.4 Å². The molecule has 0 bridgehead atoms. The molecule has 0 amide bonds. The standard InChI is InChI=1S/C12H10FN3O2/c1-7-4-8(6-14-5-7)16-11-10(13)9(12(17)18)2-3-15-11/h2-6H,1H3,(H,15,16)(H,17,18). The number of nitrogens with zero attached hydrogens (tertiary/aromatic N) is 2. The molecule has 2 heterocycles. The maximum Gasteiger partial charge on any atom is 0.338 e. The maximum absolute atomic E-state index is 13.8. The van der Waals surface area contributed by atoms with E-state index in [0.29, 0.717) is 5.69 Å². The Morgan fingerprint density at radius 3 is 2.89 bits per heavy atom. The van der Waals surface area contributed by atoms with Crippen LogP contribution in [-0.2, 0) is 0 Å². The number of aromatic carboxylic acids is 1. The summed E-state index contributed by atoms with van der Waals surface area (Å²) in [4.78, 5) is 18.5. The van der Waals surface area contributed by atoms with Gasteiger partial charge in [-0.25, -0.2) is 14.2 Å². The van der Waals surface area contributed by atoms with E-state index in [4.69, 9.17) is 5.11 Å². The number of rotatable bonds is 3. The summed E-state index contributed by atoms with van der Waals surface area (Å²) in [6.45, 7) is 1.84. The predicted octanol–water partition coefficient (Wildman–Crippen LogP) is 2.37. The average Bonchev–Trinajstić information content (AvgIpc) is 2.31. The molecule has 18 heavy (non-hydrogen) atoms. The Bertz CT molecular complexity index is 602. The molecule has 5 nitrogen and oxygen atoms in total. The van der Waals surface area contributed by atoms with Gasteiger partial charge in [0.1, 0.15) is 5.56 Å². The van der Waals surface area contributed by atoms with Gasteiger partial charge in [-0.05, 0) is 24.6 Å². The third-order valence-corrected chi connectivity index (χ3v) is 2.26. The van der Waals surface area contributed by atoms with Crippen LogP contribution in [-0.4, -0.2) is 21.0 Å². The van der Waals surface area contributed by atoms with Gasteiger partial charge in [-0.3, -0.25) is 4.98 Å². The summed E-state index contributed by atoms with van der Waals surface area (Å²) < 4.78 is 13.8. The molecule has 0 saturated heterocycles. The molecule has 0 aliphatic heterocycles. The lowest BCUT2D eigenvalue weighted by molar-refractivity contribution is 0.0692. The topological polar surface area (TPSA) is 75.1 Å². The smallest absolute Gasteiger partial charge is 0.338 e. The SMILES string of the molecule is Cc1cncc(Nc2nccc(C(=O)O)c2F)c1. The fourth-order valence-electron chi connectivity index (χ4n) is 1.46. The van der Waals surface area contributed by atoms with Crippen LogP contribution in [0.5, 0.6) is 0 Å². The lowest BCUT2D eigenvalue weighted by atomic mass is 10.2. The van der Waals surface area contributed by atoms with Crippen LogP contribution in [0.3, 0.4) is 0 Å². The van der Waals surface area contributed by atoms with E-state index in [2.05, 4.69) is 15.3 Å². The molecule has 0 atom stereocenters. The number of carboxylic acids is 1. The number of nitrogens with one attached hydrogen (secondary N) is 1.